The summed E-state index contributed by atoms with van der Waals surface area (Å²) in [4.78, 5) is 9.28. The Kier molecular flexibility index (Phi) is 3.55. The molecule has 0 aliphatic carbocycles. The summed E-state index contributed by atoms with van der Waals surface area (Å²) in [6, 6.07) is 17.6. The number of hydrogen-bond acceptors (Lipinski definition) is 3. The first kappa shape index (κ1) is 14.0. The molecule has 23 heavy (non-hydrogen) atoms. The van der Waals surface area contributed by atoms with Crippen LogP contribution in [-0.2, 0) is 0 Å². The van der Waals surface area contributed by atoms with Crippen molar-refractivity contribution in [1.82, 2.24) is 9.38 Å². The van der Waals surface area contributed by atoms with E-state index in [9.17, 15) is 0 Å². The number of imidazole rings is 1. The molecule has 112 valence electrons. The highest BCUT2D eigenvalue weighted by Gasteiger charge is 2.14. The van der Waals surface area contributed by atoms with E-state index in [1.165, 1.54) is 0 Å². The van der Waals surface area contributed by atoms with Gasteiger partial charge in [0.2, 0.25) is 0 Å². The van der Waals surface area contributed by atoms with E-state index < -0.39 is 0 Å². The molecule has 0 aliphatic heterocycles. The number of aliphatic imine (C=N–C) groups is 1. The Morgan fingerprint density at radius 3 is 2.70 bits per heavy atom. The van der Waals surface area contributed by atoms with Crippen molar-refractivity contribution in [2.24, 2.45) is 4.99 Å². The fraction of sp³-hybridized carbons (Fsp3) is 0. The second-order valence-corrected chi connectivity index (χ2v) is 5.92. The molecule has 0 spiro atoms. The lowest BCUT2D eigenvalue weighted by molar-refractivity contribution is 0.580. The predicted molar refractivity (Wildman–Crippen MR) is 94.3 cm³/mol. The number of halogens is 1. The maximum atomic E-state index is 5.50. The number of rotatable bonds is 3. The molecule has 0 radical (unpaired) electrons. The minimum absolute atomic E-state index is 0.705. The Morgan fingerprint density at radius 2 is 1.91 bits per heavy atom. The van der Waals surface area contributed by atoms with Gasteiger partial charge in [-0.05, 0) is 42.0 Å². The molecule has 0 fully saturated rings. The summed E-state index contributed by atoms with van der Waals surface area (Å²) in [7, 11) is 0. The van der Waals surface area contributed by atoms with Crippen molar-refractivity contribution in [2.75, 3.05) is 0 Å². The van der Waals surface area contributed by atoms with Gasteiger partial charge in [0.05, 0.1) is 6.26 Å². The lowest BCUT2D eigenvalue weighted by Crippen LogP contribution is -1.84. The summed E-state index contributed by atoms with van der Waals surface area (Å²) in [5.74, 6) is 1.45. The zero-order chi connectivity index (χ0) is 15.6. The van der Waals surface area contributed by atoms with Crippen LogP contribution in [0, 0.1) is 0 Å². The summed E-state index contributed by atoms with van der Waals surface area (Å²) >= 11 is 3.43. The molecule has 0 atom stereocenters. The van der Waals surface area contributed by atoms with Gasteiger partial charge in [-0.1, -0.05) is 34.1 Å². The highest BCUT2D eigenvalue weighted by atomic mass is 79.9. The fourth-order valence-electron chi connectivity index (χ4n) is 2.37. The molecule has 4 aromatic rings. The van der Waals surface area contributed by atoms with Crippen molar-refractivity contribution in [3.63, 3.8) is 0 Å². The Bertz CT molecular complexity index is 969. The van der Waals surface area contributed by atoms with Gasteiger partial charge in [-0.15, -0.1) is 0 Å². The Morgan fingerprint density at radius 1 is 1.04 bits per heavy atom. The third-order valence-electron chi connectivity index (χ3n) is 3.47. The summed E-state index contributed by atoms with van der Waals surface area (Å²) in [5.41, 5.74) is 2.58. The van der Waals surface area contributed by atoms with Gasteiger partial charge in [0.1, 0.15) is 5.65 Å². The Labute approximate surface area is 141 Å². The average Bonchev–Trinajstić information content (AvgIpc) is 3.22. The van der Waals surface area contributed by atoms with Gasteiger partial charge in [-0.25, -0.2) is 9.98 Å². The number of hydrogen-bond donors (Lipinski definition) is 0. The zero-order valence-corrected chi connectivity index (χ0v) is 13.6. The monoisotopic (exact) mass is 365 g/mol. The van der Waals surface area contributed by atoms with Gasteiger partial charge in [0.15, 0.2) is 17.3 Å². The van der Waals surface area contributed by atoms with Crippen LogP contribution >= 0.6 is 15.9 Å². The molecule has 0 unspecified atom stereocenters. The number of pyridine rings is 1. The molecule has 5 heteroatoms. The molecule has 4 nitrogen and oxygen atoms in total. The minimum Gasteiger partial charge on any atom is -0.463 e. The quantitative estimate of drug-likeness (QED) is 0.473. The van der Waals surface area contributed by atoms with Crippen LogP contribution in [0.4, 0.5) is 5.82 Å². The first-order valence-corrected chi connectivity index (χ1v) is 7.91. The second kappa shape index (κ2) is 5.85. The molecule has 0 N–H and O–H groups in total. The molecule has 4 rings (SSSR count). The van der Waals surface area contributed by atoms with E-state index in [0.717, 1.165) is 27.2 Å². The van der Waals surface area contributed by atoms with E-state index in [4.69, 9.17) is 4.42 Å². The SMILES string of the molecule is Brc1ccc(C=Nc2c(-c3ccco3)nc3ccccn23)cc1. The first-order valence-electron chi connectivity index (χ1n) is 7.12. The zero-order valence-electron chi connectivity index (χ0n) is 12.1. The van der Waals surface area contributed by atoms with Gasteiger partial charge in [-0.2, -0.15) is 0 Å². The molecule has 1 aromatic carbocycles. The van der Waals surface area contributed by atoms with E-state index in [1.54, 1.807) is 6.26 Å². The highest BCUT2D eigenvalue weighted by molar-refractivity contribution is 9.10. The third-order valence-corrected chi connectivity index (χ3v) is 3.99. The maximum absolute atomic E-state index is 5.50. The molecule has 3 heterocycles. The van der Waals surface area contributed by atoms with Crippen LogP contribution in [0.1, 0.15) is 5.56 Å². The summed E-state index contributed by atoms with van der Waals surface area (Å²) in [5, 5.41) is 0. The molecule has 3 aromatic heterocycles. The minimum atomic E-state index is 0.705. The van der Waals surface area contributed by atoms with Crippen LogP contribution in [0.2, 0.25) is 0 Å². The molecular formula is C18H12BrN3O. The molecule has 0 aliphatic rings. The molecule has 0 bridgehead atoms. The Hall–Kier alpha value is -2.66. The van der Waals surface area contributed by atoms with Gasteiger partial charge in [0.25, 0.3) is 0 Å². The molecular weight excluding hydrogens is 354 g/mol. The topological polar surface area (TPSA) is 42.8 Å². The first-order chi connectivity index (χ1) is 11.3. The maximum Gasteiger partial charge on any atom is 0.168 e. The highest BCUT2D eigenvalue weighted by Crippen LogP contribution is 2.31. The van der Waals surface area contributed by atoms with Crippen molar-refractivity contribution < 1.29 is 4.42 Å². The van der Waals surface area contributed by atoms with Crippen LogP contribution in [0.5, 0.6) is 0 Å². The lowest BCUT2D eigenvalue weighted by atomic mass is 10.2. The summed E-state index contributed by atoms with van der Waals surface area (Å²) in [6.45, 7) is 0. The van der Waals surface area contributed by atoms with E-state index in [1.807, 2.05) is 71.4 Å². The van der Waals surface area contributed by atoms with Crippen molar-refractivity contribution in [2.45, 2.75) is 0 Å². The fourth-order valence-corrected chi connectivity index (χ4v) is 2.63. The van der Waals surface area contributed by atoms with Gasteiger partial charge in [-0.3, -0.25) is 4.40 Å². The largest absolute Gasteiger partial charge is 0.463 e. The normalized spacial score (nSPS) is 11.5. The molecule has 0 saturated heterocycles. The number of benzene rings is 1. The molecule has 0 amide bonds. The Balaban J connectivity index is 1.84. The van der Waals surface area contributed by atoms with E-state index in [2.05, 4.69) is 25.9 Å². The van der Waals surface area contributed by atoms with Crippen LogP contribution in [0.3, 0.4) is 0 Å². The van der Waals surface area contributed by atoms with Crippen LogP contribution < -0.4 is 0 Å². The number of nitrogens with zero attached hydrogens (tertiary/aromatic N) is 3. The van der Waals surface area contributed by atoms with Gasteiger partial charge < -0.3 is 4.42 Å². The number of fused-ring (bicyclic) bond motifs is 1. The standard InChI is InChI=1S/C18H12BrN3O/c19-14-8-6-13(7-9-14)12-20-18-17(15-4-3-11-23-15)21-16-5-1-2-10-22(16)18/h1-12H. The van der Waals surface area contributed by atoms with Crippen LogP contribution in [-0.4, -0.2) is 15.6 Å². The predicted octanol–water partition coefficient (Wildman–Crippen LogP) is 5.11. The van der Waals surface area contributed by atoms with Crippen LogP contribution in [0.25, 0.3) is 17.1 Å². The summed E-state index contributed by atoms with van der Waals surface area (Å²) < 4.78 is 8.50. The van der Waals surface area contributed by atoms with Crippen molar-refractivity contribution in [3.05, 3.63) is 77.1 Å². The molecule has 0 saturated carbocycles. The van der Waals surface area contributed by atoms with Crippen molar-refractivity contribution in [3.8, 4) is 11.5 Å². The lowest BCUT2D eigenvalue weighted by Gasteiger charge is -1.98. The number of aromatic nitrogens is 2. The summed E-state index contributed by atoms with van der Waals surface area (Å²) in [6.07, 6.45) is 5.42. The smallest absolute Gasteiger partial charge is 0.168 e. The van der Waals surface area contributed by atoms with E-state index in [-0.39, 0.29) is 0 Å². The number of furan rings is 1. The van der Waals surface area contributed by atoms with Gasteiger partial charge in [0, 0.05) is 16.9 Å². The second-order valence-electron chi connectivity index (χ2n) is 5.00. The van der Waals surface area contributed by atoms with Crippen molar-refractivity contribution in [1.29, 1.82) is 0 Å². The third kappa shape index (κ3) is 2.71. The van der Waals surface area contributed by atoms with E-state index >= 15 is 0 Å². The van der Waals surface area contributed by atoms with Gasteiger partial charge >= 0.3 is 0 Å². The van der Waals surface area contributed by atoms with E-state index in [0.29, 0.717) is 5.76 Å². The van der Waals surface area contributed by atoms with Crippen molar-refractivity contribution >= 4 is 33.6 Å². The van der Waals surface area contributed by atoms with Crippen LogP contribution in [0.15, 0.2) is 80.9 Å². The average molecular weight is 366 g/mol.